The van der Waals surface area contributed by atoms with Gasteiger partial charge in [-0.1, -0.05) is 20.8 Å². The third kappa shape index (κ3) is 5.90. The van der Waals surface area contributed by atoms with E-state index in [0.717, 1.165) is 19.4 Å². The zero-order valence-corrected chi connectivity index (χ0v) is 12.9. The molecule has 0 bridgehead atoms. The number of rotatable bonds is 7. The van der Waals surface area contributed by atoms with Crippen LogP contribution < -0.4 is 5.32 Å². The van der Waals surface area contributed by atoms with E-state index < -0.39 is 5.97 Å². The van der Waals surface area contributed by atoms with Crippen LogP contribution in [0.4, 0.5) is 0 Å². The topological polar surface area (TPSA) is 69.6 Å². The van der Waals surface area contributed by atoms with Gasteiger partial charge in [0, 0.05) is 32.0 Å². The molecule has 0 saturated carbocycles. The maximum Gasteiger partial charge on any atom is 0.303 e. The second-order valence-corrected chi connectivity index (χ2v) is 6.25. The molecule has 0 radical (unpaired) electrons. The Kier molecular flexibility index (Phi) is 6.99. The van der Waals surface area contributed by atoms with Crippen LogP contribution in [0, 0.1) is 11.8 Å². The molecule has 1 amide bonds. The number of likely N-dealkylation sites (tertiary alicyclic amines) is 1. The average molecular weight is 284 g/mol. The molecule has 1 fully saturated rings. The third-order valence-corrected chi connectivity index (χ3v) is 3.63. The predicted molar refractivity (Wildman–Crippen MR) is 78.5 cm³/mol. The molecular formula is C15H28N2O3. The van der Waals surface area contributed by atoms with Crippen molar-refractivity contribution in [2.24, 2.45) is 11.8 Å². The number of hydrogen-bond acceptors (Lipinski definition) is 3. The van der Waals surface area contributed by atoms with Gasteiger partial charge in [-0.2, -0.15) is 0 Å². The van der Waals surface area contributed by atoms with Crippen LogP contribution in [0.5, 0.6) is 0 Å². The van der Waals surface area contributed by atoms with E-state index in [9.17, 15) is 9.59 Å². The number of piperidine rings is 1. The molecule has 2 unspecified atom stereocenters. The minimum absolute atomic E-state index is 0.0618. The largest absolute Gasteiger partial charge is 0.481 e. The van der Waals surface area contributed by atoms with Crippen molar-refractivity contribution in [3.8, 4) is 0 Å². The molecule has 2 atom stereocenters. The molecule has 5 nitrogen and oxygen atoms in total. The summed E-state index contributed by atoms with van der Waals surface area (Å²) in [5.74, 6) is -0.0114. The van der Waals surface area contributed by atoms with Crippen molar-refractivity contribution in [1.82, 2.24) is 10.2 Å². The van der Waals surface area contributed by atoms with E-state index in [4.69, 9.17) is 5.11 Å². The summed E-state index contributed by atoms with van der Waals surface area (Å²) in [6.07, 6.45) is 2.38. The minimum atomic E-state index is -0.776. The lowest BCUT2D eigenvalue weighted by Gasteiger charge is -2.38. The smallest absolute Gasteiger partial charge is 0.303 e. The highest BCUT2D eigenvalue weighted by atomic mass is 16.4. The molecule has 5 heteroatoms. The summed E-state index contributed by atoms with van der Waals surface area (Å²) in [6, 6.07) is 0.219. The Bertz CT molecular complexity index is 331. The van der Waals surface area contributed by atoms with Gasteiger partial charge in [-0.25, -0.2) is 0 Å². The first-order valence-electron chi connectivity index (χ1n) is 7.65. The minimum Gasteiger partial charge on any atom is -0.481 e. The fraction of sp³-hybridized carbons (Fsp3) is 0.867. The first-order chi connectivity index (χ1) is 9.42. The third-order valence-electron chi connectivity index (χ3n) is 3.63. The maximum absolute atomic E-state index is 12.1. The van der Waals surface area contributed by atoms with Crippen LogP contribution in [0.1, 0.15) is 46.5 Å². The average Bonchev–Trinajstić information content (AvgIpc) is 2.35. The first kappa shape index (κ1) is 17.0. The molecule has 20 heavy (non-hydrogen) atoms. The molecule has 1 aliphatic rings. The van der Waals surface area contributed by atoms with Crippen LogP contribution in [-0.4, -0.2) is 47.6 Å². The molecule has 1 heterocycles. The van der Waals surface area contributed by atoms with Gasteiger partial charge in [0.05, 0.1) is 0 Å². The summed E-state index contributed by atoms with van der Waals surface area (Å²) < 4.78 is 0. The van der Waals surface area contributed by atoms with Crippen molar-refractivity contribution in [3.63, 3.8) is 0 Å². The lowest BCUT2D eigenvalue weighted by Crippen LogP contribution is -2.52. The van der Waals surface area contributed by atoms with E-state index in [1.807, 2.05) is 11.8 Å². The van der Waals surface area contributed by atoms with E-state index in [-0.39, 0.29) is 24.3 Å². The lowest BCUT2D eigenvalue weighted by atomic mass is 9.91. The van der Waals surface area contributed by atoms with Gasteiger partial charge in [0.15, 0.2) is 0 Å². The van der Waals surface area contributed by atoms with Gasteiger partial charge in [0.25, 0.3) is 0 Å². The molecule has 2 N–H and O–H groups in total. The van der Waals surface area contributed by atoms with Gasteiger partial charge < -0.3 is 15.3 Å². The van der Waals surface area contributed by atoms with Crippen LogP contribution in [0.15, 0.2) is 0 Å². The summed E-state index contributed by atoms with van der Waals surface area (Å²) in [5, 5.41) is 12.4. The molecule has 116 valence electrons. The molecule has 0 aliphatic carbocycles. The second-order valence-electron chi connectivity index (χ2n) is 6.25. The van der Waals surface area contributed by atoms with Crippen molar-refractivity contribution >= 4 is 11.9 Å². The molecular weight excluding hydrogens is 256 g/mol. The molecule has 0 aromatic carbocycles. The van der Waals surface area contributed by atoms with Gasteiger partial charge in [0.2, 0.25) is 5.91 Å². The Morgan fingerprint density at radius 2 is 2.05 bits per heavy atom. The van der Waals surface area contributed by atoms with Crippen LogP contribution in [0.2, 0.25) is 0 Å². The number of carbonyl (C=O) groups excluding carboxylic acids is 1. The molecule has 0 aromatic heterocycles. The Hall–Kier alpha value is -1.10. The van der Waals surface area contributed by atoms with Gasteiger partial charge in [-0.05, 0) is 31.2 Å². The van der Waals surface area contributed by atoms with Gasteiger partial charge in [-0.15, -0.1) is 0 Å². The monoisotopic (exact) mass is 284 g/mol. The lowest BCUT2D eigenvalue weighted by molar-refractivity contribution is -0.141. The zero-order chi connectivity index (χ0) is 15.1. The zero-order valence-electron chi connectivity index (χ0n) is 12.9. The number of aliphatic carboxylic acids is 1. The van der Waals surface area contributed by atoms with Crippen LogP contribution in [-0.2, 0) is 9.59 Å². The van der Waals surface area contributed by atoms with Crippen molar-refractivity contribution < 1.29 is 14.7 Å². The van der Waals surface area contributed by atoms with Gasteiger partial charge in [0.1, 0.15) is 0 Å². The quantitative estimate of drug-likeness (QED) is 0.747. The Labute approximate surface area is 121 Å². The van der Waals surface area contributed by atoms with E-state index in [1.165, 1.54) is 0 Å². The molecule has 0 spiro atoms. The number of carbonyl (C=O) groups is 2. The summed E-state index contributed by atoms with van der Waals surface area (Å²) in [5.41, 5.74) is 0. The highest BCUT2D eigenvalue weighted by Gasteiger charge is 2.30. The highest BCUT2D eigenvalue weighted by molar-refractivity contribution is 5.76. The van der Waals surface area contributed by atoms with Gasteiger partial charge >= 0.3 is 5.97 Å². The normalized spacial score (nSPS) is 23.1. The van der Waals surface area contributed by atoms with E-state index in [1.54, 1.807) is 0 Å². The molecule has 0 aromatic rings. The van der Waals surface area contributed by atoms with Crippen molar-refractivity contribution in [2.75, 3.05) is 19.6 Å². The number of carboxylic acids is 1. The Morgan fingerprint density at radius 3 is 2.60 bits per heavy atom. The van der Waals surface area contributed by atoms with Crippen molar-refractivity contribution in [1.29, 1.82) is 0 Å². The fourth-order valence-electron chi connectivity index (χ4n) is 2.72. The number of hydrogen-bond donors (Lipinski definition) is 2. The van der Waals surface area contributed by atoms with Crippen molar-refractivity contribution in [3.05, 3.63) is 0 Å². The van der Waals surface area contributed by atoms with Crippen LogP contribution in [0.3, 0.4) is 0 Å². The Balaban J connectivity index is 2.61. The highest BCUT2D eigenvalue weighted by Crippen LogP contribution is 2.21. The number of amides is 1. The number of nitrogens with zero attached hydrogens (tertiary/aromatic N) is 1. The summed E-state index contributed by atoms with van der Waals surface area (Å²) in [6.45, 7) is 8.48. The van der Waals surface area contributed by atoms with Crippen LogP contribution >= 0.6 is 0 Å². The fourth-order valence-corrected chi connectivity index (χ4v) is 2.72. The molecule has 1 saturated heterocycles. The predicted octanol–water partition coefficient (Wildman–Crippen LogP) is 1.72. The van der Waals surface area contributed by atoms with Crippen LogP contribution in [0.25, 0.3) is 0 Å². The summed E-state index contributed by atoms with van der Waals surface area (Å²) >= 11 is 0. The number of nitrogens with one attached hydrogen (secondary N) is 1. The second kappa shape index (κ2) is 8.25. The SMILES string of the molecule is CCCC(=O)N1CC(CC(=O)O)CC(NCC(C)C)C1. The van der Waals surface area contributed by atoms with E-state index >= 15 is 0 Å². The van der Waals surface area contributed by atoms with E-state index in [0.29, 0.717) is 25.4 Å². The molecule has 1 rings (SSSR count). The summed E-state index contributed by atoms with van der Waals surface area (Å²) in [4.78, 5) is 24.8. The molecule has 1 aliphatic heterocycles. The van der Waals surface area contributed by atoms with E-state index in [2.05, 4.69) is 19.2 Å². The number of carboxylic acid groups (broad SMARTS) is 1. The Morgan fingerprint density at radius 1 is 1.35 bits per heavy atom. The van der Waals surface area contributed by atoms with Gasteiger partial charge in [-0.3, -0.25) is 9.59 Å². The van der Waals surface area contributed by atoms with Crippen molar-refractivity contribution in [2.45, 2.75) is 52.5 Å². The standard InChI is InChI=1S/C15H28N2O3/c1-4-5-14(18)17-9-12(7-15(19)20)6-13(10-17)16-8-11(2)3/h11-13,16H,4-10H2,1-3H3,(H,19,20). The summed E-state index contributed by atoms with van der Waals surface area (Å²) in [7, 11) is 0. The maximum atomic E-state index is 12.1. The first-order valence-corrected chi connectivity index (χ1v) is 7.65.